The first-order chi connectivity index (χ1) is 7.76. The number of amides is 1. The molecule has 0 radical (unpaired) electrons. The summed E-state index contributed by atoms with van der Waals surface area (Å²) in [5.74, 6) is -1.53. The van der Waals surface area contributed by atoms with Crippen LogP contribution in [0.5, 0.6) is 0 Å². The first kappa shape index (κ1) is 15.9. The molecule has 0 aromatic rings. The highest BCUT2D eigenvalue weighted by Gasteiger charge is 2.32. The average Bonchev–Trinajstić information content (AvgIpc) is 2.23. The smallest absolute Gasteiger partial charge is 0.326 e. The van der Waals surface area contributed by atoms with Crippen LogP contribution >= 0.6 is 0 Å². The predicted molar refractivity (Wildman–Crippen MR) is 66.5 cm³/mol. The van der Waals surface area contributed by atoms with E-state index in [-0.39, 0.29) is 5.92 Å². The molecule has 2 unspecified atom stereocenters. The maximum Gasteiger partial charge on any atom is 0.326 e. The maximum atomic E-state index is 11.9. The van der Waals surface area contributed by atoms with Crippen LogP contribution in [0.25, 0.3) is 0 Å². The molecule has 0 aliphatic heterocycles. The summed E-state index contributed by atoms with van der Waals surface area (Å²) in [6.45, 7) is 7.25. The molecule has 5 nitrogen and oxygen atoms in total. The minimum absolute atomic E-state index is 0.117. The van der Waals surface area contributed by atoms with E-state index in [9.17, 15) is 9.59 Å². The highest BCUT2D eigenvalue weighted by molar-refractivity contribution is 5.89. The van der Waals surface area contributed by atoms with E-state index in [2.05, 4.69) is 5.32 Å². The van der Waals surface area contributed by atoms with Gasteiger partial charge in [0.1, 0.15) is 6.04 Å². The lowest BCUT2D eigenvalue weighted by molar-refractivity contribution is -0.144. The summed E-state index contributed by atoms with van der Waals surface area (Å²) in [7, 11) is 0. The van der Waals surface area contributed by atoms with Crippen molar-refractivity contribution in [1.29, 1.82) is 0 Å². The minimum atomic E-state index is -1.01. The molecule has 3 atom stereocenters. The second-order valence-electron chi connectivity index (χ2n) is 4.84. The monoisotopic (exact) mass is 244 g/mol. The molecule has 0 rings (SSSR count). The van der Waals surface area contributed by atoms with Crippen molar-refractivity contribution in [3.05, 3.63) is 0 Å². The second kappa shape index (κ2) is 6.59. The Labute approximate surface area is 103 Å². The van der Waals surface area contributed by atoms with Gasteiger partial charge in [0, 0.05) is 0 Å². The fraction of sp³-hybridized carbons (Fsp3) is 0.833. The van der Waals surface area contributed by atoms with E-state index in [0.717, 1.165) is 6.42 Å². The summed E-state index contributed by atoms with van der Waals surface area (Å²) in [6, 6.07) is -0.868. The third-order valence-electron chi connectivity index (χ3n) is 3.05. The molecule has 0 bridgehead atoms. The van der Waals surface area contributed by atoms with E-state index < -0.39 is 23.5 Å². The van der Waals surface area contributed by atoms with Crippen molar-refractivity contribution in [2.24, 2.45) is 11.7 Å². The molecule has 0 aromatic heterocycles. The second-order valence-corrected chi connectivity index (χ2v) is 4.84. The lowest BCUT2D eigenvalue weighted by Gasteiger charge is -2.27. The van der Waals surface area contributed by atoms with Crippen LogP contribution in [0.3, 0.4) is 0 Å². The Kier molecular flexibility index (Phi) is 6.16. The standard InChI is InChI=1S/C12H24N2O3/c1-5-7-12(4,13)11(17)14-9(10(15)16)8(3)6-2/h8-9H,5-7,13H2,1-4H3,(H,14,17)(H,15,16)/t8?,9-,12?/m0/s1. The van der Waals surface area contributed by atoms with Gasteiger partial charge in [-0.3, -0.25) is 4.79 Å². The number of carboxylic acids is 1. The number of aliphatic carboxylic acids is 1. The summed E-state index contributed by atoms with van der Waals surface area (Å²) in [4.78, 5) is 23.0. The van der Waals surface area contributed by atoms with Gasteiger partial charge in [0.05, 0.1) is 5.54 Å². The van der Waals surface area contributed by atoms with Crippen molar-refractivity contribution in [3.8, 4) is 0 Å². The molecule has 0 spiro atoms. The molecule has 0 saturated carbocycles. The number of carbonyl (C=O) groups is 2. The summed E-state index contributed by atoms with van der Waals surface area (Å²) >= 11 is 0. The number of carboxylic acid groups (broad SMARTS) is 1. The van der Waals surface area contributed by atoms with Crippen LogP contribution in [-0.2, 0) is 9.59 Å². The normalized spacial score (nSPS) is 17.9. The zero-order chi connectivity index (χ0) is 13.6. The highest BCUT2D eigenvalue weighted by atomic mass is 16.4. The molecule has 0 aliphatic rings. The molecule has 5 heteroatoms. The number of hydrogen-bond acceptors (Lipinski definition) is 3. The Balaban J connectivity index is 4.67. The van der Waals surface area contributed by atoms with Crippen molar-refractivity contribution in [2.75, 3.05) is 0 Å². The molecule has 17 heavy (non-hydrogen) atoms. The lowest BCUT2D eigenvalue weighted by Crippen LogP contribution is -2.57. The quantitative estimate of drug-likeness (QED) is 0.625. The van der Waals surface area contributed by atoms with Crippen LogP contribution in [0.4, 0.5) is 0 Å². The minimum Gasteiger partial charge on any atom is -0.480 e. The Morgan fingerprint density at radius 1 is 1.41 bits per heavy atom. The maximum absolute atomic E-state index is 11.9. The molecule has 100 valence electrons. The van der Waals surface area contributed by atoms with E-state index in [1.807, 2.05) is 13.8 Å². The fourth-order valence-electron chi connectivity index (χ4n) is 1.62. The van der Waals surface area contributed by atoms with E-state index in [4.69, 9.17) is 10.8 Å². The van der Waals surface area contributed by atoms with Crippen molar-refractivity contribution in [3.63, 3.8) is 0 Å². The Morgan fingerprint density at radius 2 is 1.94 bits per heavy atom. The first-order valence-corrected chi connectivity index (χ1v) is 6.08. The number of carbonyl (C=O) groups excluding carboxylic acids is 1. The van der Waals surface area contributed by atoms with E-state index in [1.165, 1.54) is 0 Å². The number of rotatable bonds is 7. The van der Waals surface area contributed by atoms with Crippen LogP contribution < -0.4 is 11.1 Å². The van der Waals surface area contributed by atoms with Gasteiger partial charge in [0.2, 0.25) is 5.91 Å². The molecule has 0 heterocycles. The van der Waals surface area contributed by atoms with Gasteiger partial charge in [-0.15, -0.1) is 0 Å². The van der Waals surface area contributed by atoms with Crippen molar-refractivity contribution in [1.82, 2.24) is 5.32 Å². The van der Waals surface area contributed by atoms with Gasteiger partial charge in [0.25, 0.3) is 0 Å². The molecule has 1 amide bonds. The summed E-state index contributed by atoms with van der Waals surface area (Å²) in [5.41, 5.74) is 4.85. The zero-order valence-corrected chi connectivity index (χ0v) is 11.1. The van der Waals surface area contributed by atoms with Crippen LogP contribution in [0, 0.1) is 5.92 Å². The topological polar surface area (TPSA) is 92.4 Å². The predicted octanol–water partition coefficient (Wildman–Crippen LogP) is 1.12. The third kappa shape index (κ3) is 4.73. The van der Waals surface area contributed by atoms with E-state index in [1.54, 1.807) is 13.8 Å². The van der Waals surface area contributed by atoms with Crippen LogP contribution in [0.1, 0.15) is 47.0 Å². The summed E-state index contributed by atoms with van der Waals surface area (Å²) in [6.07, 6.45) is 2.00. The molecule has 4 N–H and O–H groups in total. The fourth-order valence-corrected chi connectivity index (χ4v) is 1.62. The molecule has 0 saturated heterocycles. The zero-order valence-electron chi connectivity index (χ0n) is 11.1. The van der Waals surface area contributed by atoms with Crippen molar-refractivity contribution >= 4 is 11.9 Å². The Bertz CT molecular complexity index is 277. The van der Waals surface area contributed by atoms with Crippen molar-refractivity contribution < 1.29 is 14.7 Å². The third-order valence-corrected chi connectivity index (χ3v) is 3.05. The van der Waals surface area contributed by atoms with E-state index >= 15 is 0 Å². The van der Waals surface area contributed by atoms with Crippen LogP contribution in [-0.4, -0.2) is 28.6 Å². The van der Waals surface area contributed by atoms with Gasteiger partial charge in [-0.05, 0) is 19.3 Å². The lowest BCUT2D eigenvalue weighted by atomic mass is 9.93. The highest BCUT2D eigenvalue weighted by Crippen LogP contribution is 2.12. The van der Waals surface area contributed by atoms with Gasteiger partial charge in [-0.25, -0.2) is 4.79 Å². The number of nitrogens with two attached hydrogens (primary N) is 1. The van der Waals surface area contributed by atoms with Gasteiger partial charge in [-0.1, -0.05) is 33.6 Å². The summed E-state index contributed by atoms with van der Waals surface area (Å²) < 4.78 is 0. The molecular formula is C12H24N2O3. The number of nitrogens with one attached hydrogen (secondary N) is 1. The number of hydrogen-bond donors (Lipinski definition) is 3. The van der Waals surface area contributed by atoms with Gasteiger partial charge >= 0.3 is 5.97 Å². The Hall–Kier alpha value is -1.10. The first-order valence-electron chi connectivity index (χ1n) is 6.08. The molecule has 0 aliphatic carbocycles. The molecular weight excluding hydrogens is 220 g/mol. The largest absolute Gasteiger partial charge is 0.480 e. The SMILES string of the molecule is CCCC(C)(N)C(=O)N[C@H](C(=O)O)C(C)CC. The average molecular weight is 244 g/mol. The van der Waals surface area contributed by atoms with Gasteiger partial charge in [0.15, 0.2) is 0 Å². The summed E-state index contributed by atoms with van der Waals surface area (Å²) in [5, 5.41) is 11.6. The molecule has 0 aromatic carbocycles. The Morgan fingerprint density at radius 3 is 2.29 bits per heavy atom. The van der Waals surface area contributed by atoms with Gasteiger partial charge < -0.3 is 16.2 Å². The van der Waals surface area contributed by atoms with Crippen molar-refractivity contribution in [2.45, 2.75) is 58.5 Å². The molecule has 0 fully saturated rings. The van der Waals surface area contributed by atoms with E-state index in [0.29, 0.717) is 12.8 Å². The van der Waals surface area contributed by atoms with Crippen LogP contribution in [0.2, 0.25) is 0 Å². The van der Waals surface area contributed by atoms with Gasteiger partial charge in [-0.2, -0.15) is 0 Å². The van der Waals surface area contributed by atoms with Crippen LogP contribution in [0.15, 0.2) is 0 Å².